The van der Waals surface area contributed by atoms with E-state index in [-0.39, 0.29) is 18.3 Å². The van der Waals surface area contributed by atoms with Crippen LogP contribution in [0.2, 0.25) is 0 Å². The molecule has 0 bridgehead atoms. The van der Waals surface area contributed by atoms with Crippen LogP contribution in [0.5, 0.6) is 0 Å². The minimum atomic E-state index is -1.82. The summed E-state index contributed by atoms with van der Waals surface area (Å²) in [5.41, 5.74) is 10.7. The van der Waals surface area contributed by atoms with Gasteiger partial charge in [-0.1, -0.05) is 149 Å². The van der Waals surface area contributed by atoms with Gasteiger partial charge >= 0.3 is 0 Å². The molecule has 0 saturated heterocycles. The van der Waals surface area contributed by atoms with Gasteiger partial charge in [0.2, 0.25) is 0 Å². The summed E-state index contributed by atoms with van der Waals surface area (Å²) < 4.78 is 38.6. The molecule has 1 spiro atoms. The Morgan fingerprint density at radius 2 is 0.830 bits per heavy atom. The Morgan fingerprint density at radius 3 is 1.40 bits per heavy atom. The van der Waals surface area contributed by atoms with E-state index >= 15 is 0 Å². The monoisotopic (exact) mass is 689 g/mol. The maximum atomic E-state index is 9.65. The van der Waals surface area contributed by atoms with Gasteiger partial charge < -0.3 is 0 Å². The van der Waals surface area contributed by atoms with E-state index in [1.54, 1.807) is 0 Å². The van der Waals surface area contributed by atoms with Gasteiger partial charge in [-0.3, -0.25) is 0 Å². The molecule has 6 aromatic carbocycles. The third-order valence-corrected chi connectivity index (χ3v) is 11.7. The number of aromatic nitrogens is 3. The second kappa shape index (κ2) is 11.7. The fraction of sp³-hybridized carbons (Fsp3) is 0.220. The Labute approximate surface area is 318 Å². The molecular formula is C50H43N3. The highest BCUT2D eigenvalue weighted by atomic mass is 15.0. The summed E-state index contributed by atoms with van der Waals surface area (Å²) in [7, 11) is 0. The van der Waals surface area contributed by atoms with Crippen LogP contribution in [-0.2, 0) is 10.8 Å². The predicted molar refractivity (Wildman–Crippen MR) is 218 cm³/mol. The van der Waals surface area contributed by atoms with Crippen LogP contribution in [0, 0.1) is 5.41 Å². The van der Waals surface area contributed by atoms with Gasteiger partial charge in [-0.15, -0.1) is 0 Å². The summed E-state index contributed by atoms with van der Waals surface area (Å²) in [4.78, 5) is 14.9. The maximum absolute atomic E-state index is 9.65. The van der Waals surface area contributed by atoms with E-state index in [1.807, 2.05) is 98.8 Å². The van der Waals surface area contributed by atoms with Crippen LogP contribution in [0.1, 0.15) is 81.0 Å². The first kappa shape index (κ1) is 27.9. The second-order valence-electron chi connectivity index (χ2n) is 16.1. The molecule has 1 heterocycles. The van der Waals surface area contributed by atoms with Crippen LogP contribution in [0.15, 0.2) is 140 Å². The molecule has 1 aromatic heterocycles. The molecule has 3 aliphatic rings. The van der Waals surface area contributed by atoms with Crippen LogP contribution < -0.4 is 0 Å². The molecule has 1 saturated carbocycles. The van der Waals surface area contributed by atoms with Gasteiger partial charge in [-0.05, 0) is 105 Å². The first-order valence-electron chi connectivity index (χ1n) is 20.6. The maximum Gasteiger partial charge on any atom is 0.164 e. The highest BCUT2D eigenvalue weighted by molar-refractivity contribution is 5.88. The van der Waals surface area contributed by atoms with Crippen molar-refractivity contribution in [1.29, 1.82) is 0 Å². The lowest BCUT2D eigenvalue weighted by Gasteiger charge is -2.43. The molecule has 3 nitrogen and oxygen atoms in total. The van der Waals surface area contributed by atoms with Gasteiger partial charge in [0, 0.05) is 33.0 Å². The zero-order valence-corrected chi connectivity index (χ0v) is 30.5. The summed E-state index contributed by atoms with van der Waals surface area (Å²) in [5, 5.41) is 0. The van der Waals surface area contributed by atoms with Gasteiger partial charge in [-0.25, -0.2) is 15.0 Å². The minimum Gasteiger partial charge on any atom is -0.208 e. The first-order chi connectivity index (χ1) is 27.2. The first-order valence-corrected chi connectivity index (χ1v) is 18.6. The molecule has 3 heteroatoms. The molecule has 7 aromatic rings. The molecule has 0 unspecified atom stereocenters. The molecule has 0 aliphatic heterocycles. The molecule has 0 N–H and O–H groups in total. The van der Waals surface area contributed by atoms with Crippen molar-refractivity contribution in [3.63, 3.8) is 0 Å². The second-order valence-corrected chi connectivity index (χ2v) is 16.1. The van der Waals surface area contributed by atoms with Crippen LogP contribution in [0.25, 0.3) is 67.5 Å². The Morgan fingerprint density at radius 1 is 0.415 bits per heavy atom. The third kappa shape index (κ3) is 5.05. The van der Waals surface area contributed by atoms with Gasteiger partial charge in [0.05, 0.1) is 0 Å². The largest absolute Gasteiger partial charge is 0.208 e. The van der Waals surface area contributed by atoms with E-state index in [0.717, 1.165) is 50.1 Å². The molecule has 0 amide bonds. The molecule has 53 heavy (non-hydrogen) atoms. The normalized spacial score (nSPS) is 19.8. The van der Waals surface area contributed by atoms with Gasteiger partial charge in [0.25, 0.3) is 0 Å². The lowest BCUT2D eigenvalue weighted by atomic mass is 9.61. The summed E-state index contributed by atoms with van der Waals surface area (Å²) >= 11 is 0. The number of nitrogens with zero attached hydrogens (tertiary/aromatic N) is 3. The van der Waals surface area contributed by atoms with Crippen molar-refractivity contribution in [2.45, 2.75) is 64.1 Å². The Hall–Kier alpha value is -5.67. The van der Waals surface area contributed by atoms with Crippen molar-refractivity contribution < 1.29 is 5.48 Å². The van der Waals surface area contributed by atoms with Crippen LogP contribution >= 0.6 is 0 Å². The zero-order chi connectivity index (χ0) is 39.5. The molecule has 1 fully saturated rings. The van der Waals surface area contributed by atoms with Crippen molar-refractivity contribution >= 4 is 0 Å². The molecule has 3 aliphatic carbocycles. The van der Waals surface area contributed by atoms with E-state index in [1.165, 1.54) is 22.3 Å². The fourth-order valence-corrected chi connectivity index (χ4v) is 8.70. The highest BCUT2D eigenvalue weighted by Gasteiger charge is 2.47. The smallest absolute Gasteiger partial charge is 0.164 e. The molecule has 258 valence electrons. The minimum absolute atomic E-state index is 0.274. The molecular weight excluding hydrogens is 643 g/mol. The van der Waals surface area contributed by atoms with Crippen LogP contribution in [-0.4, -0.2) is 15.0 Å². The lowest BCUT2D eigenvalue weighted by molar-refractivity contribution is 0.188. The topological polar surface area (TPSA) is 38.7 Å². The van der Waals surface area contributed by atoms with Crippen molar-refractivity contribution in [1.82, 2.24) is 15.0 Å². The lowest BCUT2D eigenvalue weighted by Crippen LogP contribution is -2.34. The van der Waals surface area contributed by atoms with E-state index < -0.39 is 23.6 Å². The van der Waals surface area contributed by atoms with Crippen molar-refractivity contribution in [2.75, 3.05) is 0 Å². The van der Waals surface area contributed by atoms with E-state index in [2.05, 4.69) is 68.4 Å². The molecule has 0 radical (unpaired) electrons. The van der Waals surface area contributed by atoms with Crippen molar-refractivity contribution in [2.24, 2.45) is 5.41 Å². The van der Waals surface area contributed by atoms with E-state index in [4.69, 9.17) is 15.0 Å². The Bertz CT molecular complexity index is 2680. The molecule has 10 rings (SSSR count). The van der Waals surface area contributed by atoms with Gasteiger partial charge in [-0.2, -0.15) is 0 Å². The summed E-state index contributed by atoms with van der Waals surface area (Å²) in [6, 6.07) is 47.4. The van der Waals surface area contributed by atoms with Crippen LogP contribution in [0.4, 0.5) is 0 Å². The fourth-order valence-electron chi connectivity index (χ4n) is 8.70. The van der Waals surface area contributed by atoms with Gasteiger partial charge in [0.1, 0.15) is 0 Å². The van der Waals surface area contributed by atoms with E-state index in [9.17, 15) is 5.48 Å². The van der Waals surface area contributed by atoms with Gasteiger partial charge in [0.15, 0.2) is 17.5 Å². The molecule has 0 atom stereocenters. The Balaban J connectivity index is 1.07. The quantitative estimate of drug-likeness (QED) is 0.185. The number of benzene rings is 6. The average molecular weight is 690 g/mol. The Kier molecular flexibility index (Phi) is 6.14. The summed E-state index contributed by atoms with van der Waals surface area (Å²) in [5.74, 6) is 1.88. The zero-order valence-electron chi connectivity index (χ0n) is 34.5. The number of hydrogen-bond donors (Lipinski definition) is 0. The van der Waals surface area contributed by atoms with Crippen molar-refractivity contribution in [3.05, 3.63) is 162 Å². The standard InChI is InChI=1S/C50H43N3/c1-48(2)25-27-50(28-26-48)41-18-12-11-17-37(41)40-23-20-35(30-44(40)50)34-19-22-38-39-24-21-36(31-43(39)49(3,4)42(38)29-34)47-52-45(32-13-7-5-8-14-32)51-46(53-47)33-15-9-6-10-16-33/h5-24,29-31H,25-28H2,1-4H3/i27D2,28D2. The number of hydrogen-bond acceptors (Lipinski definition) is 3. The average Bonchev–Trinajstić information content (AvgIpc) is 3.63. The van der Waals surface area contributed by atoms with Crippen LogP contribution in [0.3, 0.4) is 0 Å². The SMILES string of the molecule is [2H]C1([2H])CC(C)(C)CC([2H])([2H])C12c1ccccc1-c1ccc(-c3ccc4c(c3)C(C)(C)c3cc(-c5nc(-c6ccccc6)nc(-c6ccccc6)n5)ccc3-4)cc12. The highest BCUT2D eigenvalue weighted by Crippen LogP contribution is 2.59. The summed E-state index contributed by atoms with van der Waals surface area (Å²) in [6.07, 6.45) is -3.09. The predicted octanol–water partition coefficient (Wildman–Crippen LogP) is 12.7. The van der Waals surface area contributed by atoms with Crippen molar-refractivity contribution in [3.8, 4) is 67.5 Å². The number of rotatable bonds is 4. The van der Waals surface area contributed by atoms with E-state index in [0.29, 0.717) is 17.5 Å². The number of fused-ring (bicyclic) bond motifs is 8. The third-order valence-electron chi connectivity index (χ3n) is 11.7. The summed E-state index contributed by atoms with van der Waals surface area (Å²) in [6.45, 7) is 8.53.